The van der Waals surface area contributed by atoms with E-state index in [1.165, 1.54) is 5.56 Å². The van der Waals surface area contributed by atoms with Crippen LogP contribution < -0.4 is 5.73 Å². The molecule has 3 nitrogen and oxygen atoms in total. The number of sulfone groups is 1. The fourth-order valence-corrected chi connectivity index (χ4v) is 3.68. The number of rotatable bonds is 6. The summed E-state index contributed by atoms with van der Waals surface area (Å²) in [4.78, 5) is 0.369. The molecule has 0 heterocycles. The SMILES string of the molecule is Cc1cc(S(=O)(=O)CCCCc2ccccc2)ccc1N. The van der Waals surface area contributed by atoms with Crippen molar-refractivity contribution in [1.82, 2.24) is 0 Å². The summed E-state index contributed by atoms with van der Waals surface area (Å²) in [5.41, 5.74) is 8.40. The molecular weight excluding hydrogens is 282 g/mol. The molecule has 0 aliphatic rings. The molecule has 0 saturated heterocycles. The molecule has 2 aromatic carbocycles. The highest BCUT2D eigenvalue weighted by molar-refractivity contribution is 7.91. The minimum atomic E-state index is -3.21. The van der Waals surface area contributed by atoms with Gasteiger partial charge in [-0.2, -0.15) is 0 Å². The lowest BCUT2D eigenvalue weighted by molar-refractivity contribution is 0.591. The average Bonchev–Trinajstić information content (AvgIpc) is 2.47. The molecule has 0 aliphatic carbocycles. The van der Waals surface area contributed by atoms with E-state index in [4.69, 9.17) is 5.73 Å². The molecule has 112 valence electrons. The Balaban J connectivity index is 1.91. The van der Waals surface area contributed by atoms with Crippen LogP contribution in [0.25, 0.3) is 0 Å². The monoisotopic (exact) mass is 303 g/mol. The van der Waals surface area contributed by atoms with Gasteiger partial charge in [0.1, 0.15) is 0 Å². The first-order valence-corrected chi connectivity index (χ1v) is 8.77. The summed E-state index contributed by atoms with van der Waals surface area (Å²) >= 11 is 0. The van der Waals surface area contributed by atoms with Gasteiger partial charge in [0.2, 0.25) is 0 Å². The summed E-state index contributed by atoms with van der Waals surface area (Å²) in [6.07, 6.45) is 2.45. The van der Waals surface area contributed by atoms with Crippen molar-refractivity contribution < 1.29 is 8.42 Å². The van der Waals surface area contributed by atoms with E-state index in [1.54, 1.807) is 18.2 Å². The molecule has 0 spiro atoms. The van der Waals surface area contributed by atoms with Crippen molar-refractivity contribution in [3.05, 3.63) is 59.7 Å². The van der Waals surface area contributed by atoms with Crippen LogP contribution in [0, 0.1) is 6.92 Å². The third-order valence-electron chi connectivity index (χ3n) is 3.57. The summed E-state index contributed by atoms with van der Waals surface area (Å²) in [7, 11) is -3.21. The van der Waals surface area contributed by atoms with Crippen molar-refractivity contribution in [2.75, 3.05) is 11.5 Å². The number of hydrogen-bond donors (Lipinski definition) is 1. The van der Waals surface area contributed by atoms with E-state index >= 15 is 0 Å². The number of unbranched alkanes of at least 4 members (excludes halogenated alkanes) is 1. The van der Waals surface area contributed by atoms with Crippen LogP contribution in [-0.4, -0.2) is 14.2 Å². The van der Waals surface area contributed by atoms with Gasteiger partial charge in [-0.1, -0.05) is 30.3 Å². The minimum Gasteiger partial charge on any atom is -0.399 e. The predicted octanol–water partition coefficient (Wildman–Crippen LogP) is 3.37. The van der Waals surface area contributed by atoms with Gasteiger partial charge in [-0.15, -0.1) is 0 Å². The number of anilines is 1. The van der Waals surface area contributed by atoms with Crippen molar-refractivity contribution in [3.8, 4) is 0 Å². The second-order valence-corrected chi connectivity index (χ2v) is 7.39. The van der Waals surface area contributed by atoms with Crippen LogP contribution in [-0.2, 0) is 16.3 Å². The Hall–Kier alpha value is -1.81. The second kappa shape index (κ2) is 6.76. The first kappa shape index (κ1) is 15.6. The number of hydrogen-bond acceptors (Lipinski definition) is 3. The third kappa shape index (κ3) is 4.33. The zero-order valence-electron chi connectivity index (χ0n) is 12.2. The summed E-state index contributed by atoms with van der Waals surface area (Å²) in [6.45, 7) is 1.82. The van der Waals surface area contributed by atoms with Crippen LogP contribution in [0.5, 0.6) is 0 Å². The van der Waals surface area contributed by atoms with Gasteiger partial charge in [-0.05, 0) is 55.5 Å². The first-order valence-electron chi connectivity index (χ1n) is 7.12. The van der Waals surface area contributed by atoms with E-state index < -0.39 is 9.84 Å². The summed E-state index contributed by atoms with van der Waals surface area (Å²) in [6, 6.07) is 15.0. The molecule has 21 heavy (non-hydrogen) atoms. The quantitative estimate of drug-likeness (QED) is 0.657. The van der Waals surface area contributed by atoms with Crippen molar-refractivity contribution in [2.24, 2.45) is 0 Å². The maximum Gasteiger partial charge on any atom is 0.178 e. The average molecular weight is 303 g/mol. The van der Waals surface area contributed by atoms with Gasteiger partial charge in [-0.3, -0.25) is 0 Å². The van der Waals surface area contributed by atoms with Gasteiger partial charge < -0.3 is 5.73 Å². The smallest absolute Gasteiger partial charge is 0.178 e. The van der Waals surface area contributed by atoms with Crippen LogP contribution in [0.3, 0.4) is 0 Å². The van der Waals surface area contributed by atoms with E-state index in [0.717, 1.165) is 18.4 Å². The first-order chi connectivity index (χ1) is 9.99. The molecule has 0 atom stereocenters. The normalized spacial score (nSPS) is 11.5. The summed E-state index contributed by atoms with van der Waals surface area (Å²) in [5.74, 6) is 0.184. The third-order valence-corrected chi connectivity index (χ3v) is 5.37. The Morgan fingerprint density at radius 3 is 2.38 bits per heavy atom. The predicted molar refractivity (Wildman–Crippen MR) is 87.0 cm³/mol. The fourth-order valence-electron chi connectivity index (χ4n) is 2.23. The lowest BCUT2D eigenvalue weighted by Gasteiger charge is -2.07. The van der Waals surface area contributed by atoms with E-state index in [9.17, 15) is 8.42 Å². The van der Waals surface area contributed by atoms with Crippen LogP contribution in [0.1, 0.15) is 24.0 Å². The molecule has 4 heteroatoms. The largest absolute Gasteiger partial charge is 0.399 e. The Morgan fingerprint density at radius 2 is 1.71 bits per heavy atom. The topological polar surface area (TPSA) is 60.2 Å². The van der Waals surface area contributed by atoms with E-state index in [1.807, 2.05) is 25.1 Å². The molecule has 0 fully saturated rings. The number of benzene rings is 2. The second-order valence-electron chi connectivity index (χ2n) is 5.28. The van der Waals surface area contributed by atoms with Crippen LogP contribution in [0.2, 0.25) is 0 Å². The van der Waals surface area contributed by atoms with Crippen LogP contribution in [0.4, 0.5) is 5.69 Å². The highest BCUT2D eigenvalue weighted by Gasteiger charge is 2.14. The minimum absolute atomic E-state index is 0.184. The van der Waals surface area contributed by atoms with Gasteiger partial charge in [-0.25, -0.2) is 8.42 Å². The Labute approximate surface area is 126 Å². The van der Waals surface area contributed by atoms with Gasteiger partial charge in [0.25, 0.3) is 0 Å². The van der Waals surface area contributed by atoms with Crippen LogP contribution in [0.15, 0.2) is 53.4 Å². The van der Waals surface area contributed by atoms with E-state index in [2.05, 4.69) is 12.1 Å². The van der Waals surface area contributed by atoms with E-state index in [-0.39, 0.29) is 5.75 Å². The van der Waals surface area contributed by atoms with Crippen LogP contribution >= 0.6 is 0 Å². The molecule has 0 radical (unpaired) electrons. The molecule has 0 amide bonds. The molecule has 0 saturated carbocycles. The molecule has 0 aliphatic heterocycles. The van der Waals surface area contributed by atoms with Gasteiger partial charge >= 0.3 is 0 Å². The maximum atomic E-state index is 12.3. The molecule has 0 aromatic heterocycles. The summed E-state index contributed by atoms with van der Waals surface area (Å²) in [5, 5.41) is 0. The number of aryl methyl sites for hydroxylation is 2. The lowest BCUT2D eigenvalue weighted by atomic mass is 10.1. The van der Waals surface area contributed by atoms with Gasteiger partial charge in [0.05, 0.1) is 10.6 Å². The lowest BCUT2D eigenvalue weighted by Crippen LogP contribution is -2.08. The van der Waals surface area contributed by atoms with Gasteiger partial charge in [0, 0.05) is 5.69 Å². The Kier molecular flexibility index (Phi) is 5.02. The molecule has 0 bridgehead atoms. The number of nitrogens with two attached hydrogens (primary N) is 1. The van der Waals surface area contributed by atoms with Crippen molar-refractivity contribution >= 4 is 15.5 Å². The molecule has 2 N–H and O–H groups in total. The van der Waals surface area contributed by atoms with Crippen molar-refractivity contribution in [2.45, 2.75) is 31.1 Å². The fraction of sp³-hybridized carbons (Fsp3) is 0.294. The maximum absolute atomic E-state index is 12.3. The molecular formula is C17H21NO2S. The van der Waals surface area contributed by atoms with Crippen molar-refractivity contribution in [1.29, 1.82) is 0 Å². The standard InChI is InChI=1S/C17H21NO2S/c1-14-13-16(10-11-17(14)18)21(19,20)12-6-5-9-15-7-3-2-4-8-15/h2-4,7-8,10-11,13H,5-6,9,12,18H2,1H3. The Bertz CT molecular complexity index is 694. The van der Waals surface area contributed by atoms with Gasteiger partial charge in [0.15, 0.2) is 9.84 Å². The zero-order chi connectivity index (χ0) is 15.3. The number of nitrogen functional groups attached to an aromatic ring is 1. The molecule has 2 rings (SSSR count). The molecule has 0 unspecified atom stereocenters. The zero-order valence-corrected chi connectivity index (χ0v) is 13.1. The van der Waals surface area contributed by atoms with Crippen molar-refractivity contribution in [3.63, 3.8) is 0 Å². The van der Waals surface area contributed by atoms with E-state index in [0.29, 0.717) is 17.0 Å². The highest BCUT2D eigenvalue weighted by Crippen LogP contribution is 2.19. The Morgan fingerprint density at radius 1 is 1.00 bits per heavy atom. The molecule has 2 aromatic rings. The summed E-state index contributed by atoms with van der Waals surface area (Å²) < 4.78 is 24.5. The highest BCUT2D eigenvalue weighted by atomic mass is 32.2.